The molecule has 0 aliphatic carbocycles. The molecule has 0 aliphatic heterocycles. The predicted octanol–water partition coefficient (Wildman–Crippen LogP) is 7.36. The van der Waals surface area contributed by atoms with Crippen LogP contribution >= 0.6 is 11.6 Å². The van der Waals surface area contributed by atoms with Gasteiger partial charge in [0.05, 0.1) is 0 Å². The SMILES string of the molecule is CC(C)C(C)CC(c1ccccc1)(c1ccccc1)c1ccccc1Cl. The third-order valence-electron chi connectivity index (χ3n) is 5.63. The maximum absolute atomic E-state index is 6.77. The van der Waals surface area contributed by atoms with Crippen LogP contribution in [-0.4, -0.2) is 0 Å². The number of rotatable bonds is 6. The van der Waals surface area contributed by atoms with Gasteiger partial charge in [-0.1, -0.05) is 111 Å². The van der Waals surface area contributed by atoms with Gasteiger partial charge in [-0.3, -0.25) is 0 Å². The van der Waals surface area contributed by atoms with Crippen LogP contribution in [0.15, 0.2) is 84.9 Å². The zero-order chi connectivity index (χ0) is 18.6. The molecule has 0 aliphatic rings. The van der Waals surface area contributed by atoms with Gasteiger partial charge in [-0.15, -0.1) is 0 Å². The molecule has 3 aromatic carbocycles. The van der Waals surface area contributed by atoms with Crippen molar-refractivity contribution in [2.24, 2.45) is 11.8 Å². The highest BCUT2D eigenvalue weighted by molar-refractivity contribution is 6.31. The first-order chi connectivity index (χ1) is 12.6. The molecule has 1 heteroatoms. The van der Waals surface area contributed by atoms with Crippen LogP contribution in [0.3, 0.4) is 0 Å². The Kier molecular flexibility index (Phi) is 5.84. The summed E-state index contributed by atoms with van der Waals surface area (Å²) in [5, 5.41) is 0.830. The summed E-state index contributed by atoms with van der Waals surface area (Å²) >= 11 is 6.77. The van der Waals surface area contributed by atoms with E-state index in [4.69, 9.17) is 11.6 Å². The Morgan fingerprint density at radius 1 is 0.692 bits per heavy atom. The van der Waals surface area contributed by atoms with Gasteiger partial charge < -0.3 is 0 Å². The minimum Gasteiger partial charge on any atom is -0.0840 e. The van der Waals surface area contributed by atoms with Crippen molar-refractivity contribution in [3.05, 3.63) is 107 Å². The average molecular weight is 363 g/mol. The summed E-state index contributed by atoms with van der Waals surface area (Å²) in [4.78, 5) is 0. The Bertz CT molecular complexity index is 782. The molecule has 0 fully saturated rings. The minimum atomic E-state index is -0.259. The van der Waals surface area contributed by atoms with Gasteiger partial charge in [0.1, 0.15) is 0 Å². The molecule has 0 N–H and O–H groups in total. The molecule has 1 atom stereocenters. The fourth-order valence-electron chi connectivity index (χ4n) is 3.79. The zero-order valence-corrected chi connectivity index (χ0v) is 16.6. The number of hydrogen-bond acceptors (Lipinski definition) is 0. The molecule has 134 valence electrons. The van der Waals surface area contributed by atoms with Gasteiger partial charge in [-0.25, -0.2) is 0 Å². The summed E-state index contributed by atoms with van der Waals surface area (Å²) in [5.74, 6) is 1.15. The van der Waals surface area contributed by atoms with E-state index < -0.39 is 0 Å². The van der Waals surface area contributed by atoms with Gasteiger partial charge in [0.15, 0.2) is 0 Å². The van der Waals surface area contributed by atoms with Crippen LogP contribution in [0.4, 0.5) is 0 Å². The molecule has 1 unspecified atom stereocenters. The molecule has 0 aromatic heterocycles. The zero-order valence-electron chi connectivity index (χ0n) is 15.8. The Morgan fingerprint density at radius 3 is 1.62 bits per heavy atom. The van der Waals surface area contributed by atoms with E-state index in [1.54, 1.807) is 0 Å². The van der Waals surface area contributed by atoms with E-state index in [2.05, 4.69) is 93.6 Å². The van der Waals surface area contributed by atoms with Gasteiger partial charge in [0.2, 0.25) is 0 Å². The van der Waals surface area contributed by atoms with Crippen LogP contribution in [0, 0.1) is 11.8 Å². The Morgan fingerprint density at radius 2 is 1.15 bits per heavy atom. The van der Waals surface area contributed by atoms with E-state index in [1.165, 1.54) is 16.7 Å². The molecule has 0 spiro atoms. The van der Waals surface area contributed by atoms with E-state index >= 15 is 0 Å². The Labute approximate surface area is 162 Å². The molecular formula is C25H27Cl. The smallest absolute Gasteiger partial charge is 0.0468 e. The van der Waals surface area contributed by atoms with E-state index in [-0.39, 0.29) is 5.41 Å². The average Bonchev–Trinajstić information content (AvgIpc) is 2.68. The summed E-state index contributed by atoms with van der Waals surface area (Å²) in [6.07, 6.45) is 1.02. The Hall–Kier alpha value is -2.05. The third-order valence-corrected chi connectivity index (χ3v) is 5.96. The van der Waals surface area contributed by atoms with Crippen LogP contribution in [0.25, 0.3) is 0 Å². The summed E-state index contributed by atoms with van der Waals surface area (Å²) < 4.78 is 0. The maximum atomic E-state index is 6.77. The van der Waals surface area contributed by atoms with Crippen LogP contribution < -0.4 is 0 Å². The number of halogens is 1. The van der Waals surface area contributed by atoms with Gasteiger partial charge in [0.25, 0.3) is 0 Å². The molecule has 0 heterocycles. The summed E-state index contributed by atoms with van der Waals surface area (Å²) in [6.45, 7) is 6.96. The highest BCUT2D eigenvalue weighted by atomic mass is 35.5. The monoisotopic (exact) mass is 362 g/mol. The molecule has 0 radical (unpaired) electrons. The molecular weight excluding hydrogens is 336 g/mol. The molecule has 26 heavy (non-hydrogen) atoms. The quantitative estimate of drug-likeness (QED) is 0.402. The summed E-state index contributed by atoms with van der Waals surface area (Å²) in [5.41, 5.74) is 3.52. The van der Waals surface area contributed by atoms with Crippen LogP contribution in [0.1, 0.15) is 43.9 Å². The maximum Gasteiger partial charge on any atom is 0.0468 e. The van der Waals surface area contributed by atoms with Gasteiger partial charge >= 0.3 is 0 Å². The van der Waals surface area contributed by atoms with Gasteiger partial charge in [-0.05, 0) is 41.0 Å². The first-order valence-corrected chi connectivity index (χ1v) is 9.79. The normalized spacial score (nSPS) is 13.0. The Balaban J connectivity index is 2.33. The van der Waals surface area contributed by atoms with Gasteiger partial charge in [0, 0.05) is 10.4 Å². The van der Waals surface area contributed by atoms with E-state index in [9.17, 15) is 0 Å². The number of hydrogen-bond donors (Lipinski definition) is 0. The van der Waals surface area contributed by atoms with E-state index in [0.717, 1.165) is 11.4 Å². The van der Waals surface area contributed by atoms with Gasteiger partial charge in [-0.2, -0.15) is 0 Å². The molecule has 3 aromatic rings. The predicted molar refractivity (Wildman–Crippen MR) is 113 cm³/mol. The van der Waals surface area contributed by atoms with Crippen LogP contribution in [-0.2, 0) is 5.41 Å². The molecule has 0 bridgehead atoms. The van der Waals surface area contributed by atoms with E-state index in [1.807, 2.05) is 12.1 Å². The standard InChI is InChI=1S/C25H27Cl/c1-19(2)20(3)18-25(21-12-6-4-7-13-21,22-14-8-5-9-15-22)23-16-10-11-17-24(23)26/h4-17,19-20H,18H2,1-3H3. The molecule has 0 saturated heterocycles. The highest BCUT2D eigenvalue weighted by Gasteiger charge is 2.39. The second-order valence-corrected chi connectivity index (χ2v) is 7.95. The molecule has 0 nitrogen and oxygen atoms in total. The molecule has 3 rings (SSSR count). The topological polar surface area (TPSA) is 0 Å². The third kappa shape index (κ3) is 3.57. The number of benzene rings is 3. The first-order valence-electron chi connectivity index (χ1n) is 9.41. The van der Waals surface area contributed by atoms with Crippen molar-refractivity contribution in [3.63, 3.8) is 0 Å². The largest absolute Gasteiger partial charge is 0.0840 e. The summed E-state index contributed by atoms with van der Waals surface area (Å²) in [7, 11) is 0. The second kappa shape index (κ2) is 8.10. The highest BCUT2D eigenvalue weighted by Crippen LogP contribution is 2.47. The lowest BCUT2D eigenvalue weighted by Gasteiger charge is -2.39. The van der Waals surface area contributed by atoms with Crippen LogP contribution in [0.5, 0.6) is 0 Å². The van der Waals surface area contributed by atoms with Crippen molar-refractivity contribution >= 4 is 11.6 Å². The fraction of sp³-hybridized carbons (Fsp3) is 0.280. The lowest BCUT2D eigenvalue weighted by Crippen LogP contribution is -2.33. The van der Waals surface area contributed by atoms with Crippen molar-refractivity contribution in [2.45, 2.75) is 32.6 Å². The van der Waals surface area contributed by atoms with Crippen molar-refractivity contribution in [3.8, 4) is 0 Å². The second-order valence-electron chi connectivity index (χ2n) is 7.54. The van der Waals surface area contributed by atoms with Crippen molar-refractivity contribution in [1.82, 2.24) is 0 Å². The minimum absolute atomic E-state index is 0.259. The molecule has 0 saturated carbocycles. The fourth-order valence-corrected chi connectivity index (χ4v) is 4.09. The molecule has 0 amide bonds. The lowest BCUT2D eigenvalue weighted by molar-refractivity contribution is 0.338. The van der Waals surface area contributed by atoms with Crippen molar-refractivity contribution < 1.29 is 0 Å². The van der Waals surface area contributed by atoms with Crippen LogP contribution in [0.2, 0.25) is 5.02 Å². The summed E-state index contributed by atoms with van der Waals surface area (Å²) in [6, 6.07) is 29.9. The van der Waals surface area contributed by atoms with Crippen molar-refractivity contribution in [1.29, 1.82) is 0 Å². The van der Waals surface area contributed by atoms with Crippen molar-refractivity contribution in [2.75, 3.05) is 0 Å². The lowest BCUT2D eigenvalue weighted by atomic mass is 9.64. The van der Waals surface area contributed by atoms with E-state index in [0.29, 0.717) is 11.8 Å². The first kappa shape index (κ1) is 18.7.